The van der Waals surface area contributed by atoms with E-state index in [4.69, 9.17) is 4.74 Å². The molecule has 5 nitrogen and oxygen atoms in total. The van der Waals surface area contributed by atoms with Crippen molar-refractivity contribution in [2.45, 2.75) is 58.1 Å². The number of carbonyl (C=O) groups excluding carboxylic acids is 2. The minimum Gasteiger partial charge on any atom is -0.444 e. The average Bonchev–Trinajstić information content (AvgIpc) is 2.47. The molecule has 5 heteroatoms. The highest BCUT2D eigenvalue weighted by Gasteiger charge is 2.31. The molecule has 23 heavy (non-hydrogen) atoms. The second-order valence-electron chi connectivity index (χ2n) is 6.94. The fraction of sp³-hybridized carbons (Fsp3) is 0.556. The molecule has 0 saturated carbocycles. The lowest BCUT2D eigenvalue weighted by atomic mass is 9.99. The van der Waals surface area contributed by atoms with Gasteiger partial charge >= 0.3 is 6.09 Å². The largest absolute Gasteiger partial charge is 0.444 e. The highest BCUT2D eigenvalue weighted by atomic mass is 16.6. The molecule has 0 radical (unpaired) electrons. The topological polar surface area (TPSA) is 58.6 Å². The molecule has 2 amide bonds. The van der Waals surface area contributed by atoms with Gasteiger partial charge in [-0.05, 0) is 52.2 Å². The van der Waals surface area contributed by atoms with Crippen LogP contribution in [0.5, 0.6) is 0 Å². The molecule has 1 heterocycles. The molecule has 1 aliphatic heterocycles. The zero-order valence-corrected chi connectivity index (χ0v) is 14.2. The van der Waals surface area contributed by atoms with Crippen LogP contribution in [0, 0.1) is 0 Å². The summed E-state index contributed by atoms with van der Waals surface area (Å²) in [5, 5.41) is 2.88. The van der Waals surface area contributed by atoms with E-state index in [1.807, 2.05) is 51.1 Å². The maximum atomic E-state index is 12.3. The van der Waals surface area contributed by atoms with E-state index in [1.165, 1.54) is 0 Å². The maximum Gasteiger partial charge on any atom is 0.410 e. The molecular weight excluding hydrogens is 292 g/mol. The molecule has 0 bridgehead atoms. The molecule has 1 unspecified atom stereocenters. The van der Waals surface area contributed by atoms with Crippen LogP contribution in [0.2, 0.25) is 0 Å². The van der Waals surface area contributed by atoms with Gasteiger partial charge in [-0.3, -0.25) is 4.79 Å². The third-order valence-corrected chi connectivity index (χ3v) is 3.73. The summed E-state index contributed by atoms with van der Waals surface area (Å²) in [6.45, 7) is 6.21. The van der Waals surface area contributed by atoms with Crippen LogP contribution in [0.25, 0.3) is 0 Å². The molecule has 1 aromatic carbocycles. The number of nitrogens with zero attached hydrogens (tertiary/aromatic N) is 1. The van der Waals surface area contributed by atoms with Crippen molar-refractivity contribution in [3.63, 3.8) is 0 Å². The van der Waals surface area contributed by atoms with E-state index >= 15 is 0 Å². The first-order valence-electron chi connectivity index (χ1n) is 8.20. The Balaban J connectivity index is 1.95. The number of hydrogen-bond acceptors (Lipinski definition) is 3. The monoisotopic (exact) mass is 318 g/mol. The van der Waals surface area contributed by atoms with Crippen molar-refractivity contribution < 1.29 is 14.3 Å². The van der Waals surface area contributed by atoms with E-state index in [0.29, 0.717) is 13.0 Å². The van der Waals surface area contributed by atoms with E-state index < -0.39 is 5.60 Å². The van der Waals surface area contributed by atoms with Crippen LogP contribution in [0.3, 0.4) is 0 Å². The van der Waals surface area contributed by atoms with Gasteiger partial charge in [0.1, 0.15) is 5.60 Å². The lowest BCUT2D eigenvalue weighted by Gasteiger charge is -2.36. The molecule has 2 rings (SSSR count). The molecule has 1 aromatic rings. The highest BCUT2D eigenvalue weighted by molar-refractivity contribution is 5.91. The lowest BCUT2D eigenvalue weighted by molar-refractivity contribution is -0.117. The van der Waals surface area contributed by atoms with Crippen molar-refractivity contribution in [1.82, 2.24) is 4.90 Å². The third-order valence-electron chi connectivity index (χ3n) is 3.73. The fourth-order valence-electron chi connectivity index (χ4n) is 2.72. The minimum absolute atomic E-state index is 0.0725. The number of piperidine rings is 1. The number of anilines is 1. The van der Waals surface area contributed by atoms with Gasteiger partial charge in [-0.1, -0.05) is 18.2 Å². The standard InChI is InChI=1S/C18H26N2O3/c1-18(2,3)23-17(22)20-12-8-7-11-15(20)13-16(21)19-14-9-5-4-6-10-14/h4-6,9-10,15H,7-8,11-13H2,1-3H3,(H,19,21). The average molecular weight is 318 g/mol. The summed E-state index contributed by atoms with van der Waals surface area (Å²) in [6, 6.07) is 9.27. The van der Waals surface area contributed by atoms with E-state index in [9.17, 15) is 9.59 Å². The Morgan fingerprint density at radius 1 is 1.22 bits per heavy atom. The highest BCUT2D eigenvalue weighted by Crippen LogP contribution is 2.23. The van der Waals surface area contributed by atoms with Crippen molar-refractivity contribution in [3.05, 3.63) is 30.3 Å². The van der Waals surface area contributed by atoms with E-state index in [0.717, 1.165) is 24.9 Å². The smallest absolute Gasteiger partial charge is 0.410 e. The zero-order chi connectivity index (χ0) is 16.9. The van der Waals surface area contributed by atoms with Crippen molar-refractivity contribution in [3.8, 4) is 0 Å². The third kappa shape index (κ3) is 5.58. The van der Waals surface area contributed by atoms with E-state index in [1.54, 1.807) is 4.90 Å². The van der Waals surface area contributed by atoms with Gasteiger partial charge in [-0.15, -0.1) is 0 Å². The summed E-state index contributed by atoms with van der Waals surface area (Å²) in [4.78, 5) is 26.3. The summed E-state index contributed by atoms with van der Waals surface area (Å²) < 4.78 is 5.46. The first-order valence-corrected chi connectivity index (χ1v) is 8.20. The summed E-state index contributed by atoms with van der Waals surface area (Å²) in [7, 11) is 0. The maximum absolute atomic E-state index is 12.3. The first-order chi connectivity index (χ1) is 10.8. The predicted molar refractivity (Wildman–Crippen MR) is 90.3 cm³/mol. The fourth-order valence-corrected chi connectivity index (χ4v) is 2.72. The number of carbonyl (C=O) groups is 2. The van der Waals surface area contributed by atoms with Gasteiger partial charge < -0.3 is 15.0 Å². The van der Waals surface area contributed by atoms with Crippen LogP contribution >= 0.6 is 0 Å². The normalized spacial score (nSPS) is 18.4. The Labute approximate surface area is 138 Å². The summed E-state index contributed by atoms with van der Waals surface area (Å²) >= 11 is 0. The summed E-state index contributed by atoms with van der Waals surface area (Å²) in [5.41, 5.74) is 0.253. The van der Waals surface area contributed by atoms with E-state index in [-0.39, 0.29) is 18.0 Å². The molecule has 0 spiro atoms. The molecule has 1 saturated heterocycles. The quantitative estimate of drug-likeness (QED) is 0.922. The van der Waals surface area contributed by atoms with Crippen molar-refractivity contribution in [1.29, 1.82) is 0 Å². The van der Waals surface area contributed by atoms with Crippen LogP contribution in [0.1, 0.15) is 46.5 Å². The molecule has 0 aromatic heterocycles. The van der Waals surface area contributed by atoms with Gasteiger partial charge in [-0.2, -0.15) is 0 Å². The van der Waals surface area contributed by atoms with Gasteiger partial charge in [0.15, 0.2) is 0 Å². The second-order valence-corrected chi connectivity index (χ2v) is 6.94. The molecule has 1 atom stereocenters. The Kier molecular flexibility index (Phi) is 5.64. The SMILES string of the molecule is CC(C)(C)OC(=O)N1CCCCC1CC(=O)Nc1ccccc1. The van der Waals surface area contributed by atoms with Gasteiger partial charge in [0.25, 0.3) is 0 Å². The van der Waals surface area contributed by atoms with Crippen LogP contribution in [0.15, 0.2) is 30.3 Å². The Morgan fingerprint density at radius 2 is 1.91 bits per heavy atom. The molecule has 0 aliphatic carbocycles. The Morgan fingerprint density at radius 3 is 2.57 bits per heavy atom. The number of rotatable bonds is 3. The number of para-hydroxylation sites is 1. The first kappa shape index (κ1) is 17.3. The number of likely N-dealkylation sites (tertiary alicyclic amines) is 1. The number of benzene rings is 1. The van der Waals surface area contributed by atoms with Gasteiger partial charge in [0.05, 0.1) is 0 Å². The molecule has 1 N–H and O–H groups in total. The van der Waals surface area contributed by atoms with E-state index in [2.05, 4.69) is 5.32 Å². The number of ether oxygens (including phenoxy) is 1. The van der Waals surface area contributed by atoms with Crippen LogP contribution in [-0.2, 0) is 9.53 Å². The lowest BCUT2D eigenvalue weighted by Crippen LogP contribution is -2.47. The van der Waals surface area contributed by atoms with Crippen molar-refractivity contribution >= 4 is 17.7 Å². The predicted octanol–water partition coefficient (Wildman–Crippen LogP) is 3.80. The Hall–Kier alpha value is -2.04. The second kappa shape index (κ2) is 7.49. The van der Waals surface area contributed by atoms with Crippen LogP contribution < -0.4 is 5.32 Å². The molecule has 1 aliphatic rings. The zero-order valence-electron chi connectivity index (χ0n) is 14.2. The number of amides is 2. The number of nitrogens with one attached hydrogen (secondary N) is 1. The summed E-state index contributed by atoms with van der Waals surface area (Å²) in [6.07, 6.45) is 2.79. The van der Waals surface area contributed by atoms with Crippen LogP contribution in [0.4, 0.5) is 10.5 Å². The van der Waals surface area contributed by atoms with Gasteiger partial charge in [-0.25, -0.2) is 4.79 Å². The van der Waals surface area contributed by atoms with Crippen molar-refractivity contribution in [2.75, 3.05) is 11.9 Å². The van der Waals surface area contributed by atoms with Crippen molar-refractivity contribution in [2.24, 2.45) is 0 Å². The van der Waals surface area contributed by atoms with Gasteiger partial charge in [0.2, 0.25) is 5.91 Å². The molecule has 1 fully saturated rings. The Bertz CT molecular complexity index is 537. The number of hydrogen-bond donors (Lipinski definition) is 1. The minimum atomic E-state index is -0.522. The molecule has 126 valence electrons. The van der Waals surface area contributed by atoms with Gasteiger partial charge in [0, 0.05) is 24.7 Å². The van der Waals surface area contributed by atoms with Crippen LogP contribution in [-0.4, -0.2) is 35.1 Å². The molecular formula is C18H26N2O3. The summed E-state index contributed by atoms with van der Waals surface area (Å²) in [5.74, 6) is -0.0725.